The fraction of sp³-hybridized carbons (Fsp3) is 0.326. The van der Waals surface area contributed by atoms with E-state index < -0.39 is 110 Å². The van der Waals surface area contributed by atoms with Gasteiger partial charge >= 0.3 is 74.9 Å². The van der Waals surface area contributed by atoms with E-state index in [2.05, 4.69) is 99.5 Å². The molecular formula is C86H88F18N20O17S7. The molecule has 62 heteroatoms. The zero-order valence-electron chi connectivity index (χ0n) is 79.3. The fourth-order valence-corrected chi connectivity index (χ4v) is 14.4. The molecule has 0 atom stereocenters. The first-order chi connectivity index (χ1) is 68.8. The highest BCUT2D eigenvalue weighted by Crippen LogP contribution is 2.38. The number of nitrogens with one attached hydrogen (secondary N) is 2. The Morgan fingerprint density at radius 3 is 1.11 bits per heavy atom. The summed E-state index contributed by atoms with van der Waals surface area (Å²) in [7, 11) is -23.7. The summed E-state index contributed by atoms with van der Waals surface area (Å²) in [6.45, 7) is 18.2. The van der Waals surface area contributed by atoms with Crippen molar-refractivity contribution in [1.82, 2.24) is 79.7 Å². The van der Waals surface area contributed by atoms with Crippen molar-refractivity contribution in [2.75, 3.05) is 48.8 Å². The monoisotopic (exact) mass is 2240 g/mol. The van der Waals surface area contributed by atoms with Crippen LogP contribution < -0.4 is 30.5 Å². The second-order valence-electron chi connectivity index (χ2n) is 28.7. The van der Waals surface area contributed by atoms with Crippen LogP contribution in [0.15, 0.2) is 144 Å². The van der Waals surface area contributed by atoms with Gasteiger partial charge in [0.1, 0.15) is 41.2 Å². The number of hydrogen-bond donors (Lipinski definition) is 6. The van der Waals surface area contributed by atoms with Gasteiger partial charge < -0.3 is 40.7 Å². The summed E-state index contributed by atoms with van der Waals surface area (Å²) >= 11 is 4.14. The van der Waals surface area contributed by atoms with E-state index in [0.29, 0.717) is 99.0 Å². The molecule has 2 aromatic carbocycles. The van der Waals surface area contributed by atoms with Crippen LogP contribution in [0.3, 0.4) is 0 Å². The van der Waals surface area contributed by atoms with E-state index in [0.717, 1.165) is 86.8 Å². The van der Waals surface area contributed by atoms with E-state index in [1.807, 2.05) is 82.8 Å². The molecule has 0 aliphatic rings. The summed E-state index contributed by atoms with van der Waals surface area (Å²) in [6.07, 6.45) is 9.90. The molecule has 13 aromatic rings. The van der Waals surface area contributed by atoms with Gasteiger partial charge in [0.15, 0.2) is 61.6 Å². The Bertz CT molecular complexity index is 7180. The molecule has 0 unspecified atom stereocenters. The fourth-order valence-electron chi connectivity index (χ4n) is 10.8. The first-order valence-corrected chi connectivity index (χ1v) is 51.1. The average Bonchev–Trinajstić information content (AvgIpc) is 0.776. The van der Waals surface area contributed by atoms with Crippen LogP contribution in [0.2, 0.25) is 0 Å². The Morgan fingerprint density at radius 1 is 0.405 bits per heavy atom. The van der Waals surface area contributed by atoms with Gasteiger partial charge in [0.2, 0.25) is 0 Å². The molecule has 0 fully saturated rings. The lowest BCUT2D eigenvalue weighted by Gasteiger charge is -2.14. The predicted molar refractivity (Wildman–Crippen MR) is 510 cm³/mol. The summed E-state index contributed by atoms with van der Waals surface area (Å²) in [6, 6.07) is 20.5. The summed E-state index contributed by atoms with van der Waals surface area (Å²) in [5, 5.41) is 26.7. The molecule has 0 aliphatic carbocycles. The van der Waals surface area contributed by atoms with Gasteiger partial charge in [-0.05, 0) is 167 Å². The number of carbonyl (C=O) groups excluding carboxylic acids is 4. The Balaban J connectivity index is 0.000000307. The number of ketones is 1. The van der Waals surface area contributed by atoms with Crippen molar-refractivity contribution in [3.05, 3.63) is 208 Å². The normalized spacial score (nSPS) is 11.7. The van der Waals surface area contributed by atoms with E-state index in [9.17, 15) is 137 Å². The van der Waals surface area contributed by atoms with Gasteiger partial charge in [-0.1, -0.05) is 95.9 Å². The van der Waals surface area contributed by atoms with Crippen LogP contribution in [0.5, 0.6) is 17.2 Å². The molecule has 11 heterocycles. The largest absolute Gasteiger partial charge is 0.534 e. The lowest BCUT2D eigenvalue weighted by Crippen LogP contribution is -2.34. The Labute approximate surface area is 844 Å². The van der Waals surface area contributed by atoms with Crippen LogP contribution in [0.4, 0.5) is 96.2 Å². The van der Waals surface area contributed by atoms with Crippen LogP contribution in [0.1, 0.15) is 148 Å². The maximum atomic E-state index is 13.0. The van der Waals surface area contributed by atoms with Crippen LogP contribution in [-0.2, 0) is 99.8 Å². The van der Waals surface area contributed by atoms with Crippen molar-refractivity contribution in [2.24, 2.45) is 5.73 Å². The number of aromatic nitrogens is 16. The van der Waals surface area contributed by atoms with Gasteiger partial charge in [0.05, 0.1) is 28.3 Å². The molecular weight excluding hydrogens is 2150 g/mol. The molecule has 0 bridgehead atoms. The minimum Gasteiger partial charge on any atom is -0.506 e. The highest BCUT2D eigenvalue weighted by atomic mass is 32.3. The Hall–Kier alpha value is -13.3. The first-order valence-electron chi connectivity index (χ1n) is 41.8. The third-order valence-electron chi connectivity index (χ3n) is 18.5. The van der Waals surface area contributed by atoms with E-state index in [4.69, 9.17) is 15.8 Å². The number of rotatable bonds is 23. The smallest absolute Gasteiger partial charge is 0.506 e. The van der Waals surface area contributed by atoms with Crippen molar-refractivity contribution in [1.29, 1.82) is 0 Å². The number of aryl methyl sites for hydroxylation is 9. The molecule has 0 aliphatic heterocycles. The standard InChI is InChI=1S/C25H22F3N5O.C15H13F3N2O.C12H12F3N3O3S.C11H10F3N3O3S2.C10H11N3OS.C6H7N3OS.C4H8O2.C2F6O5S2.CH5N/c1-4-20-19(10-16-13-30-22(5-2)33-23(16)32-20)18-12-17(7-6-14(18)3)31-24(34)15-8-9-29-21(11-15)25(26,27)28;1-9-3-4-12(7-10(9)2)20-14(21)11-5-6-19-13(8-11)15(16,17)18;1-3-8-9(21-22(19,20)12(13,14)15)5-7-6-16-10(4-2)18-11(7)17-8;1-3-7-8(20-22(18,19)11(12,13)14)4-6-5-15-10(21-2)17-9(6)16-7;1-3-7-8(14)4-6-5-11-10(15-2)13-9(6)12-7;1-11-6-8-2-4(3-10)5(7)9-6;1-2-4(6)3-5;3-1(4,5)14(9,10)13-15(11,12)2(6,7)8;1-2/h6-13H,4-5H2,1-3H3,(H,31,34);3-8H,1-2H3,(H,20,21);5-6H,3-4H2,1-2H3;4-5H,3H2,1-2H3;4-5,14H,3H2,1-2H3;2-3H,1H3,(H2,7,8,9);5H,2-3H2,1H3;;2H2,1H3. The lowest BCUT2D eigenvalue weighted by molar-refractivity contribution is -0.142. The topological polar surface area (TPSA) is 555 Å². The number of nitrogens with zero attached hydrogens (tertiary/aromatic N) is 16. The Kier molecular flexibility index (Phi) is 45.7. The quantitative estimate of drug-likeness (QED) is 0.00865. The minimum atomic E-state index is -6.85. The van der Waals surface area contributed by atoms with Crippen molar-refractivity contribution in [3.63, 3.8) is 0 Å². The van der Waals surface area contributed by atoms with Crippen molar-refractivity contribution < 1.29 is 154 Å². The number of anilines is 3. The lowest BCUT2D eigenvalue weighted by atomic mass is 9.96. The predicted octanol–water partition coefficient (Wildman–Crippen LogP) is 17.5. The maximum Gasteiger partial charge on any atom is 0.534 e. The molecule has 11 aromatic heterocycles. The highest BCUT2D eigenvalue weighted by Gasteiger charge is 2.58. The average molecular weight is 2240 g/mol. The molecule has 8 N–H and O–H groups in total. The number of aliphatic hydroxyl groups excluding tert-OH is 1. The number of aliphatic hydroxyl groups is 1. The van der Waals surface area contributed by atoms with E-state index in [1.165, 1.54) is 73.1 Å². The second-order valence-corrected chi connectivity index (χ2v) is 37.3. The third-order valence-corrected chi connectivity index (χ3v) is 24.7. The number of aromatic hydroxyl groups is 1. The second kappa shape index (κ2) is 54.1. The van der Waals surface area contributed by atoms with Crippen molar-refractivity contribution in [2.45, 2.75) is 164 Å². The third kappa shape index (κ3) is 35.8. The highest BCUT2D eigenvalue weighted by molar-refractivity contribution is 8.00. The Morgan fingerprint density at radius 2 is 0.764 bits per heavy atom. The maximum absolute atomic E-state index is 13.0. The summed E-state index contributed by atoms with van der Waals surface area (Å²) in [5.41, 5.74) is -6.49. The number of halogens is 18. The molecule has 0 radical (unpaired) electrons. The molecule has 13 rings (SSSR count). The number of aldehydes is 1. The number of carbonyl (C=O) groups is 4. The number of alkyl halides is 18. The van der Waals surface area contributed by atoms with Crippen LogP contribution >= 0.6 is 35.3 Å². The van der Waals surface area contributed by atoms with Gasteiger partial charge in [-0.3, -0.25) is 29.1 Å². The van der Waals surface area contributed by atoms with Gasteiger partial charge in [-0.15, -0.1) is 3.63 Å². The number of nitrogens with two attached hydrogens (primary N) is 2. The molecule has 37 nitrogen and oxygen atoms in total. The molecule has 0 saturated carbocycles. The first kappa shape index (κ1) is 125. The van der Waals surface area contributed by atoms with Gasteiger partial charge in [0.25, 0.3) is 11.8 Å². The SMILES string of the molecule is CCC(=O)CO.CCc1nc2nc(SC)ncc2cc1O.CCc1nc2nc(SC)ncc2cc1OS(=O)(=O)C(F)(F)F.CCc1ncc2cc(-c3cc(NC(=O)c4ccnc(C(F)(F)F)c4)ccc3C)c(CC)nc2n1.CCc1ncc2cc(OS(=O)(=O)C(F)(F)F)c(CC)nc2n1.CN.CSc1ncc(C=O)c(N)n1.Cc1ccc(NC(=O)c2ccnc(C(F)(F)F)c2)cc1C.O=S(=O)(OS(=O)(=O)C(F)(F)F)C(F)(F)F. The number of hydrogen-bond acceptors (Lipinski definition) is 38. The van der Waals surface area contributed by atoms with Crippen LogP contribution in [0, 0.1) is 20.8 Å². The van der Waals surface area contributed by atoms with Gasteiger partial charge in [0, 0.05) is 112 Å². The number of fused-ring (bicyclic) bond motifs is 4. The number of Topliss-reactive ketones (excluding diaryl/α,β-unsaturated/α-hetero) is 1. The van der Waals surface area contributed by atoms with E-state index in [-0.39, 0.29) is 76.0 Å². The summed E-state index contributed by atoms with van der Waals surface area (Å²) in [5.74, 6) is -0.617. The van der Waals surface area contributed by atoms with Gasteiger partial charge in [-0.2, -0.15) is 113 Å². The van der Waals surface area contributed by atoms with Gasteiger partial charge in [-0.25, -0.2) is 69.8 Å². The zero-order valence-corrected chi connectivity index (χ0v) is 85.1. The van der Waals surface area contributed by atoms with Crippen molar-refractivity contribution in [3.8, 4) is 28.4 Å². The number of benzene rings is 2. The van der Waals surface area contributed by atoms with E-state index in [1.54, 1.807) is 69.8 Å². The van der Waals surface area contributed by atoms with Crippen LogP contribution in [-0.4, -0.2) is 202 Å². The summed E-state index contributed by atoms with van der Waals surface area (Å²) in [4.78, 5) is 110. The molecule has 0 saturated heterocycles. The van der Waals surface area contributed by atoms with Crippen LogP contribution in [0.25, 0.3) is 55.3 Å². The van der Waals surface area contributed by atoms with E-state index >= 15 is 0 Å². The number of nitrogen functional groups attached to an aromatic ring is 1. The van der Waals surface area contributed by atoms with Crippen molar-refractivity contribution >= 4 is 161 Å². The minimum absolute atomic E-state index is 0.0612. The molecule has 2 amide bonds. The zero-order chi connectivity index (χ0) is 112. The number of amides is 2. The molecule has 148 heavy (non-hydrogen) atoms. The molecule has 802 valence electrons. The number of pyridine rings is 6. The molecule has 0 spiro atoms. The summed E-state index contributed by atoms with van der Waals surface area (Å²) < 4.78 is 314. The number of thioether (sulfide) groups is 3.